The molecule has 1 aliphatic heterocycles. The fourth-order valence-corrected chi connectivity index (χ4v) is 2.18. The minimum absolute atomic E-state index is 0.0249. The van der Waals surface area contributed by atoms with E-state index in [-0.39, 0.29) is 27.9 Å². The van der Waals surface area contributed by atoms with Gasteiger partial charge in [0.15, 0.2) is 5.70 Å². The van der Waals surface area contributed by atoms with Crippen molar-refractivity contribution in [3.8, 4) is 0 Å². The van der Waals surface area contributed by atoms with Gasteiger partial charge in [-0.05, 0) is 25.1 Å². The second-order valence-electron chi connectivity index (χ2n) is 4.71. The van der Waals surface area contributed by atoms with Crippen LogP contribution >= 0.6 is 11.6 Å². The van der Waals surface area contributed by atoms with Gasteiger partial charge in [0, 0.05) is 18.2 Å². The molecule has 3 rings (SSSR count). The highest BCUT2D eigenvalue weighted by molar-refractivity contribution is 6.34. The van der Waals surface area contributed by atoms with Crippen molar-refractivity contribution in [1.29, 1.82) is 0 Å². The number of cyclic esters (lactones) is 1. The van der Waals surface area contributed by atoms with Crippen LogP contribution in [-0.4, -0.2) is 16.8 Å². The van der Waals surface area contributed by atoms with E-state index in [1.54, 1.807) is 19.1 Å². The normalized spacial score (nSPS) is 15.7. The van der Waals surface area contributed by atoms with E-state index in [0.29, 0.717) is 11.5 Å². The van der Waals surface area contributed by atoms with Gasteiger partial charge >= 0.3 is 5.97 Å². The van der Waals surface area contributed by atoms with Gasteiger partial charge < -0.3 is 9.15 Å². The van der Waals surface area contributed by atoms with Gasteiger partial charge in [-0.3, -0.25) is 10.1 Å². The van der Waals surface area contributed by atoms with Crippen LogP contribution in [0.2, 0.25) is 5.02 Å². The van der Waals surface area contributed by atoms with Gasteiger partial charge in [-0.2, -0.15) is 0 Å². The third-order valence-electron chi connectivity index (χ3n) is 3.05. The first-order valence-corrected chi connectivity index (χ1v) is 6.85. The molecule has 0 spiro atoms. The fourth-order valence-electron chi connectivity index (χ4n) is 1.98. The third kappa shape index (κ3) is 3.00. The van der Waals surface area contributed by atoms with Gasteiger partial charge in [0.2, 0.25) is 5.90 Å². The summed E-state index contributed by atoms with van der Waals surface area (Å²) in [4.78, 5) is 26.2. The number of nitro groups is 1. The standard InChI is InChI=1S/C15H9ClN2O5/c1-8-2-4-10(22-8)7-13-15(19)23-14(17-13)11-6-9(18(20)21)3-5-12(11)16/h2-7H,1H3. The summed E-state index contributed by atoms with van der Waals surface area (Å²) >= 11 is 6.01. The Labute approximate surface area is 135 Å². The first-order chi connectivity index (χ1) is 10.9. The molecule has 0 bridgehead atoms. The van der Waals surface area contributed by atoms with Crippen LogP contribution in [0.3, 0.4) is 0 Å². The largest absolute Gasteiger partial charge is 0.462 e. The maximum Gasteiger partial charge on any atom is 0.363 e. The first kappa shape index (κ1) is 15.0. The van der Waals surface area contributed by atoms with Crippen LogP contribution in [-0.2, 0) is 9.53 Å². The lowest BCUT2D eigenvalue weighted by molar-refractivity contribution is -0.384. The van der Waals surface area contributed by atoms with Crippen LogP contribution in [0.15, 0.2) is 45.4 Å². The lowest BCUT2D eigenvalue weighted by Gasteiger charge is -2.02. The van der Waals surface area contributed by atoms with E-state index in [9.17, 15) is 14.9 Å². The fraction of sp³-hybridized carbons (Fsp3) is 0.0667. The van der Waals surface area contributed by atoms with Crippen LogP contribution in [0.4, 0.5) is 5.69 Å². The predicted molar refractivity (Wildman–Crippen MR) is 82.2 cm³/mol. The molecule has 8 heteroatoms. The Kier molecular flexibility index (Phi) is 3.71. The van der Waals surface area contributed by atoms with Gasteiger partial charge in [0.05, 0.1) is 15.5 Å². The van der Waals surface area contributed by atoms with Gasteiger partial charge in [0.25, 0.3) is 5.69 Å². The van der Waals surface area contributed by atoms with Crippen LogP contribution in [0.5, 0.6) is 0 Å². The number of nitrogens with zero attached hydrogens (tertiary/aromatic N) is 2. The molecule has 1 aromatic carbocycles. The average Bonchev–Trinajstić information content (AvgIpc) is 3.06. The molecular formula is C15H9ClN2O5. The SMILES string of the molecule is Cc1ccc(C=C2N=C(c3cc([N+](=O)[O-])ccc3Cl)OC2=O)o1. The van der Waals surface area contributed by atoms with Gasteiger partial charge in [-0.1, -0.05) is 11.6 Å². The number of carbonyl (C=O) groups excluding carboxylic acids is 1. The number of hydrogen-bond donors (Lipinski definition) is 0. The zero-order chi connectivity index (χ0) is 16.6. The smallest absolute Gasteiger partial charge is 0.363 e. The molecule has 2 heterocycles. The Morgan fingerprint density at radius 2 is 2.09 bits per heavy atom. The second-order valence-corrected chi connectivity index (χ2v) is 5.11. The monoisotopic (exact) mass is 332 g/mol. The number of aryl methyl sites for hydroxylation is 1. The number of furan rings is 1. The van der Waals surface area contributed by atoms with Crippen molar-refractivity contribution in [2.75, 3.05) is 0 Å². The number of carbonyl (C=O) groups is 1. The molecule has 0 amide bonds. The van der Waals surface area contributed by atoms with Crippen molar-refractivity contribution in [1.82, 2.24) is 0 Å². The molecule has 0 radical (unpaired) electrons. The first-order valence-electron chi connectivity index (χ1n) is 6.47. The van der Waals surface area contributed by atoms with Crippen LogP contribution < -0.4 is 0 Å². The summed E-state index contributed by atoms with van der Waals surface area (Å²) in [6.07, 6.45) is 1.42. The minimum Gasteiger partial charge on any atom is -0.462 e. The molecule has 0 atom stereocenters. The molecule has 0 saturated heterocycles. The lowest BCUT2D eigenvalue weighted by atomic mass is 10.2. The summed E-state index contributed by atoms with van der Waals surface area (Å²) in [5, 5.41) is 11.0. The zero-order valence-corrected chi connectivity index (χ0v) is 12.5. The maximum atomic E-state index is 11.9. The highest BCUT2D eigenvalue weighted by Crippen LogP contribution is 2.27. The summed E-state index contributed by atoms with van der Waals surface area (Å²) in [6.45, 7) is 1.77. The molecule has 0 N–H and O–H groups in total. The predicted octanol–water partition coefficient (Wildman–Crippen LogP) is 3.49. The molecule has 0 unspecified atom stereocenters. The summed E-state index contributed by atoms with van der Waals surface area (Å²) in [7, 11) is 0. The van der Waals surface area contributed by atoms with E-state index in [2.05, 4.69) is 4.99 Å². The number of esters is 1. The highest BCUT2D eigenvalue weighted by atomic mass is 35.5. The number of ether oxygens (including phenoxy) is 1. The second kappa shape index (κ2) is 5.69. The maximum absolute atomic E-state index is 11.9. The van der Waals surface area contributed by atoms with Crippen molar-refractivity contribution in [3.05, 3.63) is 68.2 Å². The van der Waals surface area contributed by atoms with E-state index >= 15 is 0 Å². The Morgan fingerprint density at radius 3 is 2.74 bits per heavy atom. The summed E-state index contributed by atoms with van der Waals surface area (Å²) < 4.78 is 10.4. The Morgan fingerprint density at radius 1 is 1.30 bits per heavy atom. The molecule has 7 nitrogen and oxygen atoms in total. The van der Waals surface area contributed by atoms with Crippen molar-refractivity contribution in [2.24, 2.45) is 4.99 Å². The Hall–Kier alpha value is -2.93. The molecule has 0 aliphatic carbocycles. The highest BCUT2D eigenvalue weighted by Gasteiger charge is 2.27. The van der Waals surface area contributed by atoms with E-state index in [1.807, 2.05) is 0 Å². The molecule has 0 fully saturated rings. The number of rotatable bonds is 3. The van der Waals surface area contributed by atoms with E-state index in [0.717, 1.165) is 0 Å². The van der Waals surface area contributed by atoms with Crippen LogP contribution in [0, 0.1) is 17.0 Å². The zero-order valence-electron chi connectivity index (χ0n) is 11.8. The molecule has 1 aliphatic rings. The molecule has 23 heavy (non-hydrogen) atoms. The Balaban J connectivity index is 2.00. The molecule has 116 valence electrons. The Bertz CT molecular complexity index is 882. The summed E-state index contributed by atoms with van der Waals surface area (Å²) in [5.74, 6) is 0.369. The summed E-state index contributed by atoms with van der Waals surface area (Å²) in [6, 6.07) is 7.24. The van der Waals surface area contributed by atoms with Crippen LogP contribution in [0.25, 0.3) is 6.08 Å². The lowest BCUT2D eigenvalue weighted by Crippen LogP contribution is -2.06. The molecular weight excluding hydrogens is 324 g/mol. The molecule has 0 saturated carbocycles. The van der Waals surface area contributed by atoms with E-state index in [4.69, 9.17) is 20.8 Å². The number of non-ortho nitro benzene ring substituents is 1. The van der Waals surface area contributed by atoms with E-state index < -0.39 is 10.9 Å². The third-order valence-corrected chi connectivity index (χ3v) is 3.38. The topological polar surface area (TPSA) is 94.9 Å². The average molecular weight is 333 g/mol. The van der Waals surface area contributed by atoms with Crippen molar-refractivity contribution in [3.63, 3.8) is 0 Å². The van der Waals surface area contributed by atoms with Crippen molar-refractivity contribution in [2.45, 2.75) is 6.92 Å². The van der Waals surface area contributed by atoms with Crippen LogP contribution in [0.1, 0.15) is 17.1 Å². The number of halogens is 1. The number of aliphatic imine (C=N–C) groups is 1. The van der Waals surface area contributed by atoms with Crippen molar-refractivity contribution >= 4 is 35.2 Å². The molecule has 1 aromatic heterocycles. The van der Waals surface area contributed by atoms with Gasteiger partial charge in [-0.25, -0.2) is 9.79 Å². The minimum atomic E-state index is -0.684. The van der Waals surface area contributed by atoms with Gasteiger partial charge in [0.1, 0.15) is 11.5 Å². The number of hydrogen-bond acceptors (Lipinski definition) is 6. The molecule has 2 aromatic rings. The van der Waals surface area contributed by atoms with E-state index in [1.165, 1.54) is 24.3 Å². The quantitative estimate of drug-likeness (QED) is 0.371. The number of benzene rings is 1. The van der Waals surface area contributed by atoms with Crippen molar-refractivity contribution < 1.29 is 18.9 Å². The van der Waals surface area contributed by atoms with Gasteiger partial charge in [-0.15, -0.1) is 0 Å². The number of nitro benzene ring substituents is 1. The summed E-state index contributed by atoms with van der Waals surface area (Å²) in [5.41, 5.74) is 0.0207.